The van der Waals surface area contributed by atoms with E-state index in [4.69, 9.17) is 5.73 Å². The molecule has 0 aromatic heterocycles. The molecule has 0 spiro atoms. The zero-order valence-corrected chi connectivity index (χ0v) is 9.23. The van der Waals surface area contributed by atoms with Crippen molar-refractivity contribution in [2.45, 2.75) is 19.9 Å². The first-order valence-electron chi connectivity index (χ1n) is 4.36. The van der Waals surface area contributed by atoms with Crippen molar-refractivity contribution in [3.8, 4) is 0 Å². The van der Waals surface area contributed by atoms with Gasteiger partial charge in [-0.3, -0.25) is 10.1 Å². The van der Waals surface area contributed by atoms with E-state index in [0.29, 0.717) is 0 Å². The van der Waals surface area contributed by atoms with Crippen LogP contribution in [0.4, 0.5) is 0 Å². The molecule has 0 aromatic carbocycles. The van der Waals surface area contributed by atoms with Gasteiger partial charge in [-0.1, -0.05) is 0 Å². The molecule has 0 rings (SSSR count). The summed E-state index contributed by atoms with van der Waals surface area (Å²) in [5, 5.41) is 2.70. The maximum atomic E-state index is 11.0. The van der Waals surface area contributed by atoms with Crippen LogP contribution in [0.25, 0.3) is 0 Å². The van der Waals surface area contributed by atoms with Gasteiger partial charge in [-0.15, -0.1) is 0 Å². The van der Waals surface area contributed by atoms with Crippen LogP contribution < -0.4 is 15.8 Å². The SMILES string of the molecule is CCS(=O)(=O)NCN[C@@H](C)C(=O)CN. The molecule has 0 saturated carbocycles. The summed E-state index contributed by atoms with van der Waals surface area (Å²) < 4.78 is 24.2. The molecule has 0 amide bonds. The number of Topliss-reactive ketones (excluding diaryl/α,β-unsaturated/α-hetero) is 1. The van der Waals surface area contributed by atoms with E-state index in [-0.39, 0.29) is 24.7 Å². The third-order valence-electron chi connectivity index (χ3n) is 1.76. The summed E-state index contributed by atoms with van der Waals surface area (Å²) in [4.78, 5) is 11.0. The van der Waals surface area contributed by atoms with Gasteiger partial charge < -0.3 is 5.73 Å². The first-order chi connectivity index (χ1) is 6.43. The predicted octanol–water partition coefficient (Wildman–Crippen LogP) is -1.61. The van der Waals surface area contributed by atoms with Gasteiger partial charge >= 0.3 is 0 Å². The van der Waals surface area contributed by atoms with E-state index in [1.807, 2.05) is 0 Å². The summed E-state index contributed by atoms with van der Waals surface area (Å²) in [6.07, 6.45) is 0. The number of ketones is 1. The molecule has 0 fully saturated rings. The number of carbonyl (C=O) groups is 1. The number of carbonyl (C=O) groups excluding carboxylic acids is 1. The summed E-state index contributed by atoms with van der Waals surface area (Å²) in [7, 11) is -3.20. The number of nitrogens with one attached hydrogen (secondary N) is 2. The first kappa shape index (κ1) is 13.5. The molecule has 0 aliphatic carbocycles. The topological polar surface area (TPSA) is 101 Å². The van der Waals surface area contributed by atoms with E-state index >= 15 is 0 Å². The molecule has 0 bridgehead atoms. The lowest BCUT2D eigenvalue weighted by atomic mass is 10.2. The third-order valence-corrected chi connectivity index (χ3v) is 3.11. The van der Waals surface area contributed by atoms with Gasteiger partial charge in [0.05, 0.1) is 25.0 Å². The first-order valence-corrected chi connectivity index (χ1v) is 6.01. The highest BCUT2D eigenvalue weighted by atomic mass is 32.2. The maximum absolute atomic E-state index is 11.0. The van der Waals surface area contributed by atoms with Crippen LogP contribution in [-0.2, 0) is 14.8 Å². The van der Waals surface area contributed by atoms with Crippen LogP contribution in [-0.4, -0.2) is 39.2 Å². The molecule has 7 heteroatoms. The molecule has 0 aromatic rings. The Kier molecular flexibility index (Phi) is 5.86. The molecule has 4 N–H and O–H groups in total. The van der Waals surface area contributed by atoms with Crippen LogP contribution >= 0.6 is 0 Å². The molecule has 0 radical (unpaired) electrons. The molecule has 0 aliphatic heterocycles. The number of rotatable bonds is 7. The van der Waals surface area contributed by atoms with Gasteiger partial charge in [0.2, 0.25) is 10.0 Å². The fourth-order valence-electron chi connectivity index (χ4n) is 0.697. The second kappa shape index (κ2) is 6.07. The second-order valence-electron chi connectivity index (χ2n) is 2.82. The molecule has 6 nitrogen and oxygen atoms in total. The highest BCUT2D eigenvalue weighted by molar-refractivity contribution is 7.89. The quantitative estimate of drug-likeness (QED) is 0.451. The van der Waals surface area contributed by atoms with Crippen molar-refractivity contribution in [1.82, 2.24) is 10.0 Å². The Labute approximate surface area is 84.3 Å². The molecule has 84 valence electrons. The van der Waals surface area contributed by atoms with Gasteiger partial charge in [0.25, 0.3) is 0 Å². The van der Waals surface area contributed by atoms with Crippen molar-refractivity contribution >= 4 is 15.8 Å². The van der Waals surface area contributed by atoms with Crippen molar-refractivity contribution in [2.24, 2.45) is 5.73 Å². The van der Waals surface area contributed by atoms with Gasteiger partial charge in [0.1, 0.15) is 0 Å². The molecule has 0 heterocycles. The van der Waals surface area contributed by atoms with Gasteiger partial charge in [-0.25, -0.2) is 13.1 Å². The minimum atomic E-state index is -3.20. The summed E-state index contributed by atoms with van der Waals surface area (Å²) in [6.45, 7) is 3.17. The maximum Gasteiger partial charge on any atom is 0.212 e. The standard InChI is InChI=1S/C7H17N3O3S/c1-3-14(12,13)10-5-9-6(2)7(11)4-8/h6,9-10H,3-5,8H2,1-2H3/t6-/m0/s1. The van der Waals surface area contributed by atoms with Crippen LogP contribution in [0.1, 0.15) is 13.8 Å². The van der Waals surface area contributed by atoms with Crippen molar-refractivity contribution in [2.75, 3.05) is 19.0 Å². The van der Waals surface area contributed by atoms with E-state index in [1.165, 1.54) is 6.92 Å². The van der Waals surface area contributed by atoms with Crippen molar-refractivity contribution in [3.63, 3.8) is 0 Å². The Morgan fingerprint density at radius 3 is 2.50 bits per heavy atom. The van der Waals surface area contributed by atoms with Crippen LogP contribution in [0.2, 0.25) is 0 Å². The second-order valence-corrected chi connectivity index (χ2v) is 4.92. The molecule has 1 atom stereocenters. The molecule has 0 unspecified atom stereocenters. The predicted molar refractivity (Wildman–Crippen MR) is 54.1 cm³/mol. The van der Waals surface area contributed by atoms with Gasteiger partial charge in [0.15, 0.2) is 5.78 Å². The zero-order chi connectivity index (χ0) is 11.2. The minimum Gasteiger partial charge on any atom is -0.324 e. The number of sulfonamides is 1. The molecule has 14 heavy (non-hydrogen) atoms. The van der Waals surface area contributed by atoms with E-state index in [1.54, 1.807) is 6.92 Å². The van der Waals surface area contributed by atoms with Gasteiger partial charge in [0, 0.05) is 0 Å². The summed E-state index contributed by atoms with van der Waals surface area (Å²) in [5.74, 6) is -0.130. The minimum absolute atomic E-state index is 0.0217. The van der Waals surface area contributed by atoms with Gasteiger partial charge in [-0.05, 0) is 13.8 Å². The van der Waals surface area contributed by atoms with Crippen LogP contribution in [0, 0.1) is 0 Å². The van der Waals surface area contributed by atoms with Crippen LogP contribution in [0.5, 0.6) is 0 Å². The lowest BCUT2D eigenvalue weighted by Crippen LogP contribution is -2.44. The van der Waals surface area contributed by atoms with Crippen molar-refractivity contribution in [1.29, 1.82) is 0 Å². The number of hydrogen-bond donors (Lipinski definition) is 3. The van der Waals surface area contributed by atoms with Crippen molar-refractivity contribution < 1.29 is 13.2 Å². The Bertz CT molecular complexity index is 276. The monoisotopic (exact) mass is 223 g/mol. The summed E-state index contributed by atoms with van der Waals surface area (Å²) >= 11 is 0. The third kappa shape index (κ3) is 5.28. The van der Waals surface area contributed by atoms with E-state index in [9.17, 15) is 13.2 Å². The van der Waals surface area contributed by atoms with E-state index in [2.05, 4.69) is 10.0 Å². The summed E-state index contributed by atoms with van der Waals surface area (Å²) in [5.41, 5.74) is 5.13. The fourth-order valence-corrected chi connectivity index (χ4v) is 1.20. The van der Waals surface area contributed by atoms with E-state index in [0.717, 1.165) is 0 Å². The smallest absolute Gasteiger partial charge is 0.212 e. The fraction of sp³-hybridized carbons (Fsp3) is 0.857. The van der Waals surface area contributed by atoms with E-state index < -0.39 is 16.1 Å². The Morgan fingerprint density at radius 1 is 1.50 bits per heavy atom. The molecular weight excluding hydrogens is 206 g/mol. The highest BCUT2D eigenvalue weighted by Crippen LogP contribution is 1.83. The van der Waals surface area contributed by atoms with Gasteiger partial charge in [-0.2, -0.15) is 0 Å². The average molecular weight is 223 g/mol. The molecular formula is C7H17N3O3S. The Hall–Kier alpha value is -0.500. The molecule has 0 saturated heterocycles. The Morgan fingerprint density at radius 2 is 2.07 bits per heavy atom. The van der Waals surface area contributed by atoms with Crippen LogP contribution in [0.15, 0.2) is 0 Å². The Balaban J connectivity index is 3.81. The largest absolute Gasteiger partial charge is 0.324 e. The summed E-state index contributed by atoms with van der Waals surface area (Å²) in [6, 6.07) is -0.431. The normalized spacial score (nSPS) is 13.9. The van der Waals surface area contributed by atoms with Crippen molar-refractivity contribution in [3.05, 3.63) is 0 Å². The molecule has 0 aliphatic rings. The zero-order valence-electron chi connectivity index (χ0n) is 8.41. The van der Waals surface area contributed by atoms with Crippen LogP contribution in [0.3, 0.4) is 0 Å². The average Bonchev–Trinajstić information content (AvgIpc) is 2.16. The number of nitrogens with two attached hydrogens (primary N) is 1. The number of hydrogen-bond acceptors (Lipinski definition) is 5. The lowest BCUT2D eigenvalue weighted by molar-refractivity contribution is -0.119. The lowest BCUT2D eigenvalue weighted by Gasteiger charge is -2.11. The highest BCUT2D eigenvalue weighted by Gasteiger charge is 2.11.